The van der Waals surface area contributed by atoms with Gasteiger partial charge in [-0.3, -0.25) is 4.90 Å². The van der Waals surface area contributed by atoms with E-state index < -0.39 is 0 Å². The quantitative estimate of drug-likeness (QED) is 0.765. The number of allylic oxidation sites excluding steroid dienone is 1. The first-order valence-corrected chi connectivity index (χ1v) is 8.00. The Morgan fingerprint density at radius 1 is 1.10 bits per heavy atom. The Kier molecular flexibility index (Phi) is 6.24. The van der Waals surface area contributed by atoms with Gasteiger partial charge in [0.15, 0.2) is 0 Å². The molecule has 0 saturated carbocycles. The molecule has 0 radical (unpaired) electrons. The molecule has 0 spiro atoms. The van der Waals surface area contributed by atoms with Crippen LogP contribution in [0.3, 0.4) is 0 Å². The second-order valence-corrected chi connectivity index (χ2v) is 5.92. The molecule has 0 fully saturated rings. The molecule has 0 N–H and O–H groups in total. The highest BCUT2D eigenvalue weighted by Crippen LogP contribution is 2.16. The summed E-state index contributed by atoms with van der Waals surface area (Å²) in [6.45, 7) is 3.26. The molecule has 21 heavy (non-hydrogen) atoms. The average Bonchev–Trinajstić information content (AvgIpc) is 3.01. The van der Waals surface area contributed by atoms with Gasteiger partial charge >= 0.3 is 0 Å². The van der Waals surface area contributed by atoms with Crippen LogP contribution in [0, 0.1) is 0 Å². The normalized spacial score (nSPS) is 15.7. The Morgan fingerprint density at radius 3 is 2.62 bits per heavy atom. The lowest BCUT2D eigenvalue weighted by Crippen LogP contribution is -2.27. The van der Waals surface area contributed by atoms with E-state index in [-0.39, 0.29) is 12.4 Å². The third kappa shape index (κ3) is 4.85. The summed E-state index contributed by atoms with van der Waals surface area (Å²) >= 11 is 1.75. The Hall–Kier alpha value is -1.35. The van der Waals surface area contributed by atoms with Crippen molar-refractivity contribution in [2.24, 2.45) is 0 Å². The van der Waals surface area contributed by atoms with Gasteiger partial charge in [0.1, 0.15) is 0 Å². The summed E-state index contributed by atoms with van der Waals surface area (Å²) in [5.41, 5.74) is 4.17. The van der Waals surface area contributed by atoms with Crippen LogP contribution in [-0.4, -0.2) is 18.0 Å². The monoisotopic (exact) mass is 317 g/mol. The molecule has 110 valence electrons. The molecular weight excluding hydrogens is 298 g/mol. The average molecular weight is 318 g/mol. The van der Waals surface area contributed by atoms with E-state index in [4.69, 9.17) is 0 Å². The van der Waals surface area contributed by atoms with Gasteiger partial charge in [-0.2, -0.15) is 11.3 Å². The summed E-state index contributed by atoms with van der Waals surface area (Å²) in [4.78, 5) is 2.50. The van der Waals surface area contributed by atoms with Crippen LogP contribution in [0.25, 0.3) is 6.08 Å². The smallest absolute Gasteiger partial charge is 0.0237 e. The standard InChI is InChI=1S/C18H19NS.ClH/c1-2-4-17(5-3-1)14-19-11-8-16(9-12-19)6-7-18-10-13-20-15-18;/h1-8,10,13,15H,9,11-12,14H2;1H. The summed E-state index contributed by atoms with van der Waals surface area (Å²) in [7, 11) is 0. The van der Waals surface area contributed by atoms with Crippen molar-refractivity contribution in [3.63, 3.8) is 0 Å². The molecule has 2 aromatic rings. The van der Waals surface area contributed by atoms with Crippen molar-refractivity contribution in [2.75, 3.05) is 13.1 Å². The number of halogens is 1. The predicted molar refractivity (Wildman–Crippen MR) is 95.0 cm³/mol. The topological polar surface area (TPSA) is 3.24 Å². The highest BCUT2D eigenvalue weighted by molar-refractivity contribution is 7.08. The van der Waals surface area contributed by atoms with Crippen molar-refractivity contribution >= 4 is 29.8 Å². The maximum absolute atomic E-state index is 2.50. The maximum atomic E-state index is 2.50. The van der Waals surface area contributed by atoms with Gasteiger partial charge in [-0.1, -0.05) is 48.6 Å². The number of benzene rings is 1. The first-order valence-electron chi connectivity index (χ1n) is 7.06. The van der Waals surface area contributed by atoms with Crippen LogP contribution in [0.1, 0.15) is 17.5 Å². The van der Waals surface area contributed by atoms with Crippen LogP contribution in [0.15, 0.2) is 64.9 Å². The lowest BCUT2D eigenvalue weighted by atomic mass is 10.1. The van der Waals surface area contributed by atoms with E-state index in [2.05, 4.69) is 70.3 Å². The number of hydrogen-bond acceptors (Lipinski definition) is 2. The van der Waals surface area contributed by atoms with Crippen molar-refractivity contribution in [3.8, 4) is 0 Å². The fourth-order valence-electron chi connectivity index (χ4n) is 2.44. The Bertz CT molecular complexity index is 587. The van der Waals surface area contributed by atoms with Crippen molar-refractivity contribution < 1.29 is 0 Å². The van der Waals surface area contributed by atoms with Gasteiger partial charge in [0, 0.05) is 19.6 Å². The largest absolute Gasteiger partial charge is 0.295 e. The van der Waals surface area contributed by atoms with Crippen molar-refractivity contribution in [2.45, 2.75) is 13.0 Å². The number of nitrogens with zero attached hydrogens (tertiary/aromatic N) is 1. The Morgan fingerprint density at radius 2 is 1.95 bits per heavy atom. The highest BCUT2D eigenvalue weighted by Gasteiger charge is 2.10. The Balaban J connectivity index is 0.00000161. The predicted octanol–water partition coefficient (Wildman–Crippen LogP) is 5.02. The number of hydrogen-bond donors (Lipinski definition) is 0. The van der Waals surface area contributed by atoms with Crippen LogP contribution in [0.5, 0.6) is 0 Å². The molecule has 0 atom stereocenters. The zero-order valence-electron chi connectivity index (χ0n) is 11.9. The molecule has 0 amide bonds. The minimum Gasteiger partial charge on any atom is -0.295 e. The molecule has 2 heterocycles. The van der Waals surface area contributed by atoms with E-state index in [1.54, 1.807) is 11.3 Å². The zero-order chi connectivity index (χ0) is 13.6. The van der Waals surface area contributed by atoms with Crippen molar-refractivity contribution in [1.29, 1.82) is 0 Å². The van der Waals surface area contributed by atoms with Crippen LogP contribution in [0.4, 0.5) is 0 Å². The van der Waals surface area contributed by atoms with Crippen LogP contribution >= 0.6 is 23.7 Å². The summed E-state index contributed by atoms with van der Waals surface area (Å²) in [6.07, 6.45) is 7.99. The van der Waals surface area contributed by atoms with Gasteiger partial charge < -0.3 is 0 Å². The molecule has 3 rings (SSSR count). The first kappa shape index (κ1) is 16.0. The second-order valence-electron chi connectivity index (χ2n) is 5.14. The SMILES string of the molecule is C(=Cc1ccsc1)C1=CCN(Cc2ccccc2)CC1.Cl. The van der Waals surface area contributed by atoms with Crippen molar-refractivity contribution in [1.82, 2.24) is 4.90 Å². The van der Waals surface area contributed by atoms with Crippen LogP contribution in [-0.2, 0) is 6.54 Å². The summed E-state index contributed by atoms with van der Waals surface area (Å²) < 4.78 is 0. The van der Waals surface area contributed by atoms with Crippen molar-refractivity contribution in [3.05, 3.63) is 76.0 Å². The summed E-state index contributed by atoms with van der Waals surface area (Å²) in [5, 5.41) is 4.30. The molecule has 1 aliphatic rings. The lowest BCUT2D eigenvalue weighted by Gasteiger charge is -2.25. The maximum Gasteiger partial charge on any atom is 0.0237 e. The molecule has 0 aliphatic carbocycles. The third-order valence-electron chi connectivity index (χ3n) is 3.61. The van der Waals surface area contributed by atoms with E-state index in [0.717, 1.165) is 26.1 Å². The molecule has 1 aromatic heterocycles. The van der Waals surface area contributed by atoms with Gasteiger partial charge in [0.25, 0.3) is 0 Å². The Labute approximate surface area is 137 Å². The fourth-order valence-corrected chi connectivity index (χ4v) is 3.07. The zero-order valence-corrected chi connectivity index (χ0v) is 13.6. The van der Waals surface area contributed by atoms with Gasteiger partial charge in [-0.15, -0.1) is 12.4 Å². The lowest BCUT2D eigenvalue weighted by molar-refractivity contribution is 0.287. The van der Waals surface area contributed by atoms with Crippen LogP contribution in [0.2, 0.25) is 0 Å². The molecule has 3 heteroatoms. The molecule has 1 aliphatic heterocycles. The summed E-state index contributed by atoms with van der Waals surface area (Å²) in [6, 6.07) is 12.9. The second kappa shape index (κ2) is 8.18. The van der Waals surface area contributed by atoms with E-state index in [9.17, 15) is 0 Å². The van der Waals surface area contributed by atoms with E-state index in [0.29, 0.717) is 0 Å². The minimum absolute atomic E-state index is 0. The molecular formula is C18H20ClNS. The van der Waals surface area contributed by atoms with Gasteiger partial charge in [-0.05, 0) is 39.9 Å². The van der Waals surface area contributed by atoms with Gasteiger partial charge in [0.05, 0.1) is 0 Å². The fraction of sp³-hybridized carbons (Fsp3) is 0.222. The van der Waals surface area contributed by atoms with E-state index in [1.807, 2.05) is 0 Å². The minimum atomic E-state index is 0. The third-order valence-corrected chi connectivity index (χ3v) is 4.31. The molecule has 0 saturated heterocycles. The number of rotatable bonds is 4. The highest BCUT2D eigenvalue weighted by atomic mass is 35.5. The molecule has 0 bridgehead atoms. The van der Waals surface area contributed by atoms with E-state index >= 15 is 0 Å². The summed E-state index contributed by atoms with van der Waals surface area (Å²) in [5.74, 6) is 0. The molecule has 0 unspecified atom stereocenters. The van der Waals surface area contributed by atoms with Gasteiger partial charge in [0.2, 0.25) is 0 Å². The molecule has 1 aromatic carbocycles. The van der Waals surface area contributed by atoms with E-state index in [1.165, 1.54) is 16.7 Å². The first-order chi connectivity index (χ1) is 9.90. The molecule has 1 nitrogen and oxygen atoms in total. The van der Waals surface area contributed by atoms with Crippen LogP contribution < -0.4 is 0 Å². The number of thiophene rings is 1. The van der Waals surface area contributed by atoms with Gasteiger partial charge in [-0.25, -0.2) is 0 Å².